The van der Waals surface area contributed by atoms with Crippen LogP contribution in [0.25, 0.3) is 0 Å². The molecule has 29 heavy (non-hydrogen) atoms. The molecule has 0 bridgehead atoms. The smallest absolute Gasteiger partial charge is 0.407 e. The van der Waals surface area contributed by atoms with Gasteiger partial charge in [-0.25, -0.2) is 9.69 Å². The Labute approximate surface area is 190 Å². The molecule has 1 unspecified atom stereocenters. The molecule has 2 heterocycles. The van der Waals surface area contributed by atoms with Crippen LogP contribution in [0, 0.1) is 11.8 Å². The minimum Gasteiger partial charge on any atom is -1.00 e. The highest BCUT2D eigenvalue weighted by Crippen LogP contribution is 2.35. The third kappa shape index (κ3) is 5.46. The van der Waals surface area contributed by atoms with Crippen LogP contribution in [0.15, 0.2) is 64.1 Å². The van der Waals surface area contributed by atoms with E-state index < -0.39 is 0 Å². The lowest BCUT2D eigenvalue weighted by Gasteiger charge is -2.27. The average molecular weight is 527 g/mol. The first-order valence-corrected chi connectivity index (χ1v) is 10.8. The SMILES string of the molecule is O=C(NCc1ccccc1)OCC1CCC(C2=C3C=NC=C[NH+]3C(I)=N2)CC1.[Cl-]. The zero-order valence-corrected chi connectivity index (χ0v) is 18.9. The number of fused-ring (bicyclic) bond motifs is 1. The van der Waals surface area contributed by atoms with Crippen molar-refractivity contribution in [2.75, 3.05) is 6.61 Å². The largest absolute Gasteiger partial charge is 1.00 e. The predicted molar refractivity (Wildman–Crippen MR) is 117 cm³/mol. The molecule has 1 amide bonds. The first-order chi connectivity index (χ1) is 13.7. The summed E-state index contributed by atoms with van der Waals surface area (Å²) < 4.78 is 6.50. The van der Waals surface area contributed by atoms with E-state index in [1.54, 1.807) is 0 Å². The third-order valence-corrected chi connectivity index (χ3v) is 6.32. The van der Waals surface area contributed by atoms with E-state index in [1.807, 2.05) is 48.9 Å². The highest BCUT2D eigenvalue weighted by molar-refractivity contribution is 14.1. The first kappa shape index (κ1) is 22.0. The van der Waals surface area contributed by atoms with Crippen LogP contribution in [0.5, 0.6) is 0 Å². The van der Waals surface area contributed by atoms with E-state index in [2.05, 4.69) is 32.9 Å². The maximum atomic E-state index is 11.9. The van der Waals surface area contributed by atoms with Crippen molar-refractivity contribution in [2.45, 2.75) is 32.2 Å². The third-order valence-electron chi connectivity index (χ3n) is 5.50. The second-order valence-corrected chi connectivity index (χ2v) is 8.39. The summed E-state index contributed by atoms with van der Waals surface area (Å²) in [5, 5.41) is 2.82. The molecular weight excluding hydrogens is 503 g/mol. The lowest BCUT2D eigenvalue weighted by atomic mass is 9.80. The molecule has 2 N–H and O–H groups in total. The minimum absolute atomic E-state index is 0. The molecule has 8 heteroatoms. The van der Waals surface area contributed by atoms with Crippen molar-refractivity contribution >= 4 is 38.7 Å². The molecule has 0 saturated heterocycles. The Balaban J connectivity index is 0.00000240. The Morgan fingerprint density at radius 2 is 1.97 bits per heavy atom. The average Bonchev–Trinajstić information content (AvgIpc) is 3.09. The molecule has 6 nitrogen and oxygen atoms in total. The van der Waals surface area contributed by atoms with E-state index in [1.165, 1.54) is 16.3 Å². The van der Waals surface area contributed by atoms with Gasteiger partial charge in [-0.1, -0.05) is 30.3 Å². The van der Waals surface area contributed by atoms with Crippen molar-refractivity contribution in [1.29, 1.82) is 0 Å². The lowest BCUT2D eigenvalue weighted by molar-refractivity contribution is -0.684. The molecule has 2 aliphatic heterocycles. The number of hydrogen-bond donors (Lipinski definition) is 2. The van der Waals surface area contributed by atoms with Crippen LogP contribution < -0.4 is 22.6 Å². The van der Waals surface area contributed by atoms with E-state index >= 15 is 0 Å². The number of nitrogens with one attached hydrogen (secondary N) is 2. The van der Waals surface area contributed by atoms with Gasteiger partial charge in [-0.05, 0) is 37.2 Å². The molecule has 1 aromatic carbocycles. The van der Waals surface area contributed by atoms with E-state index in [0.717, 1.165) is 35.1 Å². The van der Waals surface area contributed by atoms with Gasteiger partial charge in [0.1, 0.15) is 11.9 Å². The number of aliphatic imine (C=N–C) groups is 2. The predicted octanol–water partition coefficient (Wildman–Crippen LogP) is 0.180. The number of allylic oxidation sites excluding steroid dienone is 2. The highest BCUT2D eigenvalue weighted by atomic mass is 127. The summed E-state index contributed by atoms with van der Waals surface area (Å²) in [6.07, 6.45) is 9.74. The number of carbonyl (C=O) groups excluding carboxylic acids is 1. The van der Waals surface area contributed by atoms with Gasteiger partial charge in [-0.3, -0.25) is 4.99 Å². The number of amides is 1. The number of nitrogens with zero attached hydrogens (tertiary/aromatic N) is 2. The molecule has 1 aromatic rings. The standard InChI is InChI=1S/C21H23IN4O2.ClH/c22-20-25-19(18-13-23-10-11-26(18)20)17-8-6-16(7-9-17)14-28-21(27)24-12-15-4-2-1-3-5-15;/h1-5,10-11,13,16-17H,6-9,12,14H2,(H,24,27);1H. The number of benzene rings is 1. The molecule has 1 saturated carbocycles. The Morgan fingerprint density at radius 3 is 2.72 bits per heavy atom. The number of alkyl carbamates (subject to hydrolysis) is 1. The second-order valence-electron chi connectivity index (χ2n) is 7.36. The van der Waals surface area contributed by atoms with Gasteiger partial charge in [0.2, 0.25) is 0 Å². The van der Waals surface area contributed by atoms with Crippen molar-refractivity contribution in [3.8, 4) is 0 Å². The van der Waals surface area contributed by atoms with Crippen LogP contribution in [0.4, 0.5) is 4.79 Å². The van der Waals surface area contributed by atoms with Gasteiger partial charge < -0.3 is 22.5 Å². The fourth-order valence-electron chi connectivity index (χ4n) is 3.93. The number of ether oxygens (including phenoxy) is 1. The second kappa shape index (κ2) is 10.4. The van der Waals surface area contributed by atoms with E-state index in [-0.39, 0.29) is 18.5 Å². The van der Waals surface area contributed by atoms with E-state index in [4.69, 9.17) is 9.73 Å². The molecule has 0 spiro atoms. The zero-order chi connectivity index (χ0) is 19.3. The molecule has 3 aliphatic rings. The topological polar surface area (TPSA) is 67.5 Å². The molecule has 1 atom stereocenters. The number of hydrogen-bond acceptors (Lipinski definition) is 4. The van der Waals surface area contributed by atoms with Crippen molar-refractivity contribution in [1.82, 2.24) is 5.32 Å². The molecule has 154 valence electrons. The number of amidine groups is 1. The van der Waals surface area contributed by atoms with E-state index in [9.17, 15) is 4.79 Å². The highest BCUT2D eigenvalue weighted by Gasteiger charge is 2.36. The van der Waals surface area contributed by atoms with Gasteiger partial charge in [0.15, 0.2) is 5.70 Å². The maximum Gasteiger partial charge on any atom is 0.407 e. The Bertz CT molecular complexity index is 845. The number of rotatable bonds is 5. The summed E-state index contributed by atoms with van der Waals surface area (Å²) in [6.45, 7) is 0.983. The number of carbonyl (C=O) groups is 1. The van der Waals surface area contributed by atoms with Gasteiger partial charge >= 0.3 is 6.09 Å². The summed E-state index contributed by atoms with van der Waals surface area (Å²) in [4.78, 5) is 22.2. The van der Waals surface area contributed by atoms with Crippen LogP contribution in [0.3, 0.4) is 0 Å². The number of halogens is 2. The molecule has 0 aromatic heterocycles. The van der Waals surface area contributed by atoms with Crippen LogP contribution in [-0.4, -0.2) is 22.8 Å². The van der Waals surface area contributed by atoms with Gasteiger partial charge in [0.05, 0.1) is 41.6 Å². The van der Waals surface area contributed by atoms with Crippen LogP contribution in [-0.2, 0) is 11.3 Å². The summed E-state index contributed by atoms with van der Waals surface area (Å²) in [5.41, 5.74) is 3.44. The molecule has 4 rings (SSSR count). The Kier molecular flexibility index (Phi) is 7.85. The van der Waals surface area contributed by atoms with Crippen molar-refractivity contribution in [3.05, 3.63) is 59.7 Å². The van der Waals surface area contributed by atoms with Gasteiger partial charge in [-0.2, -0.15) is 4.99 Å². The maximum absolute atomic E-state index is 11.9. The number of quaternary nitrogens is 1. The summed E-state index contributed by atoms with van der Waals surface area (Å²) in [6, 6.07) is 9.85. The zero-order valence-electron chi connectivity index (χ0n) is 16.0. The summed E-state index contributed by atoms with van der Waals surface area (Å²) in [5.74, 6) is 0.899. The van der Waals surface area contributed by atoms with Crippen LogP contribution in [0.1, 0.15) is 31.2 Å². The van der Waals surface area contributed by atoms with Crippen molar-refractivity contribution in [3.63, 3.8) is 0 Å². The van der Waals surface area contributed by atoms with E-state index in [0.29, 0.717) is 25.0 Å². The molecular formula is C21H24ClIN4O2. The molecule has 0 radical (unpaired) electrons. The minimum atomic E-state index is -0.338. The van der Waals surface area contributed by atoms with Gasteiger partial charge in [0.25, 0.3) is 3.84 Å². The van der Waals surface area contributed by atoms with Crippen molar-refractivity contribution in [2.24, 2.45) is 21.8 Å². The summed E-state index contributed by atoms with van der Waals surface area (Å²) in [7, 11) is 0. The van der Waals surface area contributed by atoms with Crippen LogP contribution >= 0.6 is 22.6 Å². The fraction of sp³-hybridized carbons (Fsp3) is 0.381. The Morgan fingerprint density at radius 1 is 1.21 bits per heavy atom. The molecule has 1 fully saturated rings. The van der Waals surface area contributed by atoms with Gasteiger partial charge in [0, 0.05) is 12.5 Å². The van der Waals surface area contributed by atoms with Gasteiger partial charge in [-0.15, -0.1) is 0 Å². The Hall–Kier alpha value is -1.71. The molecule has 1 aliphatic carbocycles. The quantitative estimate of drug-likeness (QED) is 0.425. The van der Waals surface area contributed by atoms with Crippen LogP contribution in [0.2, 0.25) is 0 Å². The lowest BCUT2D eigenvalue weighted by Crippen LogP contribution is -3.07. The monoisotopic (exact) mass is 526 g/mol. The fourth-order valence-corrected chi connectivity index (χ4v) is 4.66. The first-order valence-electron chi connectivity index (χ1n) is 9.71. The summed E-state index contributed by atoms with van der Waals surface area (Å²) >= 11 is 2.31. The van der Waals surface area contributed by atoms with Crippen molar-refractivity contribution < 1.29 is 26.8 Å². The normalized spacial score (nSPS) is 25.1.